The molecule has 2 heterocycles. The number of fused-ring (bicyclic) bond motifs is 1. The van der Waals surface area contributed by atoms with Crippen LogP contribution in [0.3, 0.4) is 0 Å². The second-order valence-corrected chi connectivity index (χ2v) is 10.6. The van der Waals surface area contributed by atoms with E-state index in [0.717, 1.165) is 30.7 Å². The Hall–Kier alpha value is -1.84. The number of carbonyl (C=O) groups is 1. The third-order valence-corrected chi connectivity index (χ3v) is 7.05. The Balaban J connectivity index is 1.74. The fourth-order valence-corrected chi connectivity index (χ4v) is 5.64. The average molecular weight is 551 g/mol. The Morgan fingerprint density at radius 1 is 1.29 bits per heavy atom. The lowest BCUT2D eigenvalue weighted by Crippen LogP contribution is -2.39. The summed E-state index contributed by atoms with van der Waals surface area (Å²) in [5.41, 5.74) is 2.48. The molecule has 3 aromatic rings. The number of hydrogen-bond donors (Lipinski definition) is 0. The zero-order chi connectivity index (χ0) is 22.2. The molecule has 5 nitrogen and oxygen atoms in total. The summed E-state index contributed by atoms with van der Waals surface area (Å²) in [6.07, 6.45) is -0.335. The lowest BCUT2D eigenvalue weighted by atomic mass is 10.1. The largest absolute Gasteiger partial charge is 0.487 e. The normalized spacial score (nSPS) is 15.7. The van der Waals surface area contributed by atoms with Crippen molar-refractivity contribution in [2.24, 2.45) is 0 Å². The number of hydrogen-bond acceptors (Lipinski definition) is 5. The van der Waals surface area contributed by atoms with Crippen molar-refractivity contribution in [2.75, 3.05) is 18.1 Å². The van der Waals surface area contributed by atoms with Gasteiger partial charge in [0.15, 0.2) is 0 Å². The minimum Gasteiger partial charge on any atom is -0.487 e. The van der Waals surface area contributed by atoms with E-state index in [4.69, 9.17) is 14.2 Å². The van der Waals surface area contributed by atoms with Crippen LogP contribution in [0.5, 0.6) is 5.75 Å². The van der Waals surface area contributed by atoms with Crippen LogP contribution in [0.2, 0.25) is 0 Å². The maximum absolute atomic E-state index is 13.1. The first kappa shape index (κ1) is 22.4. The van der Waals surface area contributed by atoms with Gasteiger partial charge in [-0.1, -0.05) is 30.3 Å². The lowest BCUT2D eigenvalue weighted by molar-refractivity contribution is 0.0577. The summed E-state index contributed by atoms with van der Waals surface area (Å²) in [5, 5.41) is 3.25. The molecule has 0 bridgehead atoms. The third kappa shape index (κ3) is 5.32. The van der Waals surface area contributed by atoms with Gasteiger partial charge in [-0.15, -0.1) is 11.3 Å². The van der Waals surface area contributed by atoms with E-state index in [0.29, 0.717) is 19.8 Å². The minimum absolute atomic E-state index is 0.0382. The molecule has 0 aliphatic carbocycles. The van der Waals surface area contributed by atoms with Crippen LogP contribution in [0.15, 0.2) is 41.8 Å². The average Bonchev–Trinajstić information content (AvgIpc) is 3.45. The number of amides is 1. The molecule has 0 N–H and O–H groups in total. The maximum Gasteiger partial charge on any atom is 0.414 e. The van der Waals surface area contributed by atoms with Gasteiger partial charge in [-0.25, -0.2) is 4.79 Å². The van der Waals surface area contributed by atoms with E-state index in [1.54, 1.807) is 16.2 Å². The Morgan fingerprint density at radius 3 is 2.65 bits per heavy atom. The van der Waals surface area contributed by atoms with Gasteiger partial charge in [-0.2, -0.15) is 0 Å². The molecule has 0 unspecified atom stereocenters. The molecule has 0 spiro atoms. The van der Waals surface area contributed by atoms with Crippen molar-refractivity contribution in [1.82, 2.24) is 0 Å². The van der Waals surface area contributed by atoms with E-state index in [2.05, 4.69) is 34.9 Å². The summed E-state index contributed by atoms with van der Waals surface area (Å²) in [5.74, 6) is 0.776. The molecule has 1 amide bonds. The first-order valence-corrected chi connectivity index (χ1v) is 12.2. The highest BCUT2D eigenvalue weighted by Crippen LogP contribution is 2.43. The number of carbonyl (C=O) groups excluding carboxylic acids is 1. The number of epoxide rings is 1. The molecule has 1 aliphatic heterocycles. The monoisotopic (exact) mass is 551 g/mol. The van der Waals surface area contributed by atoms with E-state index < -0.39 is 5.60 Å². The molecular weight excluding hydrogens is 525 g/mol. The molecule has 4 rings (SSSR count). The quantitative estimate of drug-likeness (QED) is 0.258. The van der Waals surface area contributed by atoms with Gasteiger partial charge in [0.1, 0.15) is 18.0 Å². The van der Waals surface area contributed by atoms with Crippen LogP contribution < -0.4 is 9.64 Å². The number of thiophene rings is 1. The molecule has 7 heteroatoms. The summed E-state index contributed by atoms with van der Waals surface area (Å²) >= 11 is 4.00. The third-order valence-electron chi connectivity index (χ3n) is 4.84. The Labute approximate surface area is 200 Å². The highest BCUT2D eigenvalue weighted by atomic mass is 127. The second-order valence-electron chi connectivity index (χ2n) is 8.65. The van der Waals surface area contributed by atoms with Crippen molar-refractivity contribution in [3.05, 3.63) is 56.5 Å². The molecule has 1 fully saturated rings. The van der Waals surface area contributed by atoms with Crippen molar-refractivity contribution in [2.45, 2.75) is 46.0 Å². The molecule has 0 saturated carbocycles. The van der Waals surface area contributed by atoms with Crippen molar-refractivity contribution in [3.8, 4) is 5.75 Å². The highest BCUT2D eigenvalue weighted by Gasteiger charge is 2.33. The number of ether oxygens (including phenoxy) is 3. The Morgan fingerprint density at radius 2 is 2.00 bits per heavy atom. The maximum atomic E-state index is 13.1. The molecule has 1 saturated heterocycles. The van der Waals surface area contributed by atoms with Gasteiger partial charge in [-0.05, 0) is 66.8 Å². The molecule has 0 radical (unpaired) electrons. The van der Waals surface area contributed by atoms with Crippen LogP contribution in [0, 0.1) is 10.5 Å². The second kappa shape index (κ2) is 8.96. The topological polar surface area (TPSA) is 51.3 Å². The molecule has 1 aliphatic rings. The summed E-state index contributed by atoms with van der Waals surface area (Å²) in [7, 11) is 0. The first-order chi connectivity index (χ1) is 14.7. The summed E-state index contributed by atoms with van der Waals surface area (Å²) in [6, 6.07) is 12.1. The fraction of sp³-hybridized carbons (Fsp3) is 0.375. The van der Waals surface area contributed by atoms with E-state index >= 15 is 0 Å². The van der Waals surface area contributed by atoms with Gasteiger partial charge >= 0.3 is 6.09 Å². The van der Waals surface area contributed by atoms with Crippen molar-refractivity contribution in [1.29, 1.82) is 0 Å². The predicted molar refractivity (Wildman–Crippen MR) is 133 cm³/mol. The lowest BCUT2D eigenvalue weighted by Gasteiger charge is -2.28. The fourth-order valence-electron chi connectivity index (χ4n) is 3.28. The number of halogens is 1. The van der Waals surface area contributed by atoms with Crippen LogP contribution >= 0.6 is 33.9 Å². The zero-order valence-corrected chi connectivity index (χ0v) is 21.1. The SMILES string of the molecule is Cc1csc2c(OCc3ccccc3)cc(N(C[C@@H]3CO3)C(=O)OC(C)(C)C)c(I)c12. The van der Waals surface area contributed by atoms with Crippen molar-refractivity contribution >= 4 is 55.8 Å². The number of aryl methyl sites for hydroxylation is 1. The summed E-state index contributed by atoms with van der Waals surface area (Å²) < 4.78 is 19.5. The van der Waals surface area contributed by atoms with Gasteiger partial charge in [0.05, 0.1) is 29.6 Å². The Kier molecular flexibility index (Phi) is 6.46. The van der Waals surface area contributed by atoms with Crippen molar-refractivity contribution < 1.29 is 19.0 Å². The standard InChI is InChI=1S/C24H26INO4S/c1-15-14-31-22-19(29-12-16-8-6-5-7-9-16)10-18(21(25)20(15)22)26(11-17-13-28-17)23(27)30-24(2,3)4/h5-10,14,17H,11-13H2,1-4H3/t17-/m1/s1. The van der Waals surface area contributed by atoms with Crippen LogP contribution in [-0.2, 0) is 16.1 Å². The van der Waals surface area contributed by atoms with Crippen molar-refractivity contribution in [3.63, 3.8) is 0 Å². The molecular formula is C24H26INO4S. The zero-order valence-electron chi connectivity index (χ0n) is 18.1. The van der Waals surface area contributed by atoms with Crippen LogP contribution in [0.1, 0.15) is 31.9 Å². The van der Waals surface area contributed by atoms with Crippen LogP contribution in [-0.4, -0.2) is 30.9 Å². The van der Waals surface area contributed by atoms with Gasteiger partial charge in [0.25, 0.3) is 0 Å². The van der Waals surface area contributed by atoms with Crippen LogP contribution in [0.4, 0.5) is 10.5 Å². The predicted octanol–water partition coefficient (Wildman–Crippen LogP) is 6.53. The van der Waals surface area contributed by atoms with Gasteiger partial charge < -0.3 is 14.2 Å². The number of benzene rings is 2. The van der Waals surface area contributed by atoms with Gasteiger partial charge in [-0.3, -0.25) is 4.90 Å². The van der Waals surface area contributed by atoms with E-state index in [-0.39, 0.29) is 12.2 Å². The summed E-state index contributed by atoms with van der Waals surface area (Å²) in [4.78, 5) is 14.8. The van der Waals surface area contributed by atoms with Gasteiger partial charge in [0, 0.05) is 15.0 Å². The van der Waals surface area contributed by atoms with Gasteiger partial charge in [0.2, 0.25) is 0 Å². The molecule has 164 valence electrons. The first-order valence-electron chi connectivity index (χ1n) is 10.2. The molecule has 1 aromatic heterocycles. The molecule has 1 atom stereocenters. The smallest absolute Gasteiger partial charge is 0.414 e. The van der Waals surface area contributed by atoms with E-state index in [1.807, 2.05) is 57.2 Å². The summed E-state index contributed by atoms with van der Waals surface area (Å²) in [6.45, 7) is 9.30. The Bertz CT molecular complexity index is 1090. The number of anilines is 1. The van der Waals surface area contributed by atoms with E-state index in [9.17, 15) is 4.79 Å². The molecule has 31 heavy (non-hydrogen) atoms. The number of rotatable bonds is 6. The molecule has 2 aromatic carbocycles. The number of nitrogens with zero attached hydrogens (tertiary/aromatic N) is 1. The minimum atomic E-state index is -0.583. The highest BCUT2D eigenvalue weighted by molar-refractivity contribution is 14.1. The van der Waals surface area contributed by atoms with E-state index in [1.165, 1.54) is 5.56 Å². The van der Waals surface area contributed by atoms with Crippen LogP contribution in [0.25, 0.3) is 10.1 Å².